The lowest BCUT2D eigenvalue weighted by molar-refractivity contribution is -0.145. The summed E-state index contributed by atoms with van der Waals surface area (Å²) in [6.07, 6.45) is 0.0864. The van der Waals surface area contributed by atoms with Gasteiger partial charge in [-0.1, -0.05) is 36.4 Å². The number of nitrogens with zero attached hydrogens (tertiary/aromatic N) is 1. The van der Waals surface area contributed by atoms with E-state index in [4.69, 9.17) is 0 Å². The fourth-order valence-corrected chi connectivity index (χ4v) is 4.96. The lowest BCUT2D eigenvalue weighted by Crippen LogP contribution is -2.49. The van der Waals surface area contributed by atoms with Gasteiger partial charge in [-0.25, -0.2) is 17.2 Å². The zero-order valence-electron chi connectivity index (χ0n) is 14.7. The molecule has 0 bridgehead atoms. The van der Waals surface area contributed by atoms with E-state index in [9.17, 15) is 27.1 Å². The number of carbonyl (C=O) groups is 1. The van der Waals surface area contributed by atoms with E-state index in [0.717, 1.165) is 10.4 Å². The highest BCUT2D eigenvalue weighted by Gasteiger charge is 2.45. The van der Waals surface area contributed by atoms with Crippen molar-refractivity contribution in [3.63, 3.8) is 0 Å². The number of carboxylic acid groups (broad SMARTS) is 1. The van der Waals surface area contributed by atoms with Crippen molar-refractivity contribution in [3.05, 3.63) is 65.2 Å². The number of piperidine rings is 1. The highest BCUT2D eigenvalue weighted by atomic mass is 32.2. The lowest BCUT2D eigenvalue weighted by atomic mass is 9.73. The molecule has 2 aromatic rings. The zero-order valence-corrected chi connectivity index (χ0v) is 15.5. The van der Waals surface area contributed by atoms with E-state index in [-0.39, 0.29) is 31.5 Å². The third-order valence-electron chi connectivity index (χ3n) is 5.17. The second-order valence-corrected chi connectivity index (χ2v) is 8.57. The third-order valence-corrected chi connectivity index (χ3v) is 7.09. The van der Waals surface area contributed by atoms with Gasteiger partial charge in [-0.05, 0) is 37.0 Å². The average Bonchev–Trinajstić information content (AvgIpc) is 2.66. The number of benzene rings is 2. The number of aryl methyl sites for hydroxylation is 1. The van der Waals surface area contributed by atoms with Crippen LogP contribution in [0.2, 0.25) is 0 Å². The topological polar surface area (TPSA) is 74.7 Å². The van der Waals surface area contributed by atoms with Crippen LogP contribution < -0.4 is 0 Å². The molecule has 0 atom stereocenters. The van der Waals surface area contributed by atoms with Crippen LogP contribution in [-0.4, -0.2) is 36.9 Å². The summed E-state index contributed by atoms with van der Waals surface area (Å²) >= 11 is 0. The summed E-state index contributed by atoms with van der Waals surface area (Å²) in [5, 5.41) is 9.78. The van der Waals surface area contributed by atoms with Crippen LogP contribution in [0.3, 0.4) is 0 Å². The van der Waals surface area contributed by atoms with Crippen molar-refractivity contribution in [2.24, 2.45) is 0 Å². The van der Waals surface area contributed by atoms with Crippen LogP contribution in [0.15, 0.2) is 47.4 Å². The van der Waals surface area contributed by atoms with Crippen LogP contribution in [-0.2, 0) is 20.2 Å². The van der Waals surface area contributed by atoms with Crippen molar-refractivity contribution >= 4 is 16.0 Å². The van der Waals surface area contributed by atoms with Crippen molar-refractivity contribution in [2.45, 2.75) is 30.1 Å². The molecular weight excluding hydrogens is 376 g/mol. The Kier molecular flexibility index (Phi) is 5.05. The van der Waals surface area contributed by atoms with Gasteiger partial charge in [-0.2, -0.15) is 4.31 Å². The molecule has 0 unspecified atom stereocenters. The van der Waals surface area contributed by atoms with Crippen molar-refractivity contribution in [3.8, 4) is 0 Å². The van der Waals surface area contributed by atoms with Crippen molar-refractivity contribution in [1.29, 1.82) is 0 Å². The van der Waals surface area contributed by atoms with Crippen molar-refractivity contribution in [1.82, 2.24) is 4.31 Å². The number of sulfonamides is 1. The van der Waals surface area contributed by atoms with Crippen LogP contribution in [0.1, 0.15) is 24.0 Å². The van der Waals surface area contributed by atoms with Gasteiger partial charge in [-0.15, -0.1) is 0 Å². The Morgan fingerprint density at radius 1 is 1.04 bits per heavy atom. The first-order chi connectivity index (χ1) is 12.7. The van der Waals surface area contributed by atoms with Crippen molar-refractivity contribution < 1.29 is 27.1 Å². The largest absolute Gasteiger partial charge is 0.481 e. The monoisotopic (exact) mass is 395 g/mol. The molecule has 1 aliphatic heterocycles. The van der Waals surface area contributed by atoms with Crippen molar-refractivity contribution in [2.75, 3.05) is 13.1 Å². The van der Waals surface area contributed by atoms with Gasteiger partial charge < -0.3 is 5.11 Å². The number of hydrogen-bond donors (Lipinski definition) is 1. The Morgan fingerprint density at radius 2 is 1.63 bits per heavy atom. The van der Waals surface area contributed by atoms with E-state index in [1.165, 1.54) is 13.0 Å². The smallest absolute Gasteiger partial charge is 0.314 e. The molecule has 1 saturated heterocycles. The summed E-state index contributed by atoms with van der Waals surface area (Å²) in [4.78, 5) is 11.2. The number of aliphatic carboxylic acids is 1. The predicted molar refractivity (Wildman–Crippen MR) is 94.8 cm³/mol. The van der Waals surface area contributed by atoms with Gasteiger partial charge in [0.15, 0.2) is 11.6 Å². The molecule has 2 aromatic carbocycles. The molecule has 1 aliphatic rings. The van der Waals surface area contributed by atoms with Gasteiger partial charge in [-0.3, -0.25) is 4.79 Å². The minimum absolute atomic E-state index is 0.0130. The van der Waals surface area contributed by atoms with E-state index in [1.807, 2.05) is 0 Å². The number of carboxylic acids is 1. The maximum atomic E-state index is 14.2. The molecule has 1 heterocycles. The molecule has 0 spiro atoms. The van der Waals surface area contributed by atoms with Gasteiger partial charge in [0, 0.05) is 13.1 Å². The van der Waals surface area contributed by atoms with Gasteiger partial charge in [0.1, 0.15) is 4.90 Å². The maximum Gasteiger partial charge on any atom is 0.314 e. The maximum absolute atomic E-state index is 14.2. The second-order valence-electron chi connectivity index (χ2n) is 6.67. The van der Waals surface area contributed by atoms with Crippen LogP contribution in [0.5, 0.6) is 0 Å². The van der Waals surface area contributed by atoms with Gasteiger partial charge in [0.2, 0.25) is 10.0 Å². The Morgan fingerprint density at radius 3 is 2.19 bits per heavy atom. The summed E-state index contributed by atoms with van der Waals surface area (Å²) in [5.41, 5.74) is -0.592. The Balaban J connectivity index is 1.91. The summed E-state index contributed by atoms with van der Waals surface area (Å²) in [6, 6.07) is 10.9. The Bertz CT molecular complexity index is 969. The van der Waals surface area contributed by atoms with Crippen LogP contribution >= 0.6 is 0 Å². The predicted octanol–water partition coefficient (Wildman–Crippen LogP) is 3.08. The van der Waals surface area contributed by atoms with E-state index in [0.29, 0.717) is 5.56 Å². The van der Waals surface area contributed by atoms with Gasteiger partial charge >= 0.3 is 5.97 Å². The molecule has 5 nitrogen and oxygen atoms in total. The summed E-state index contributed by atoms with van der Waals surface area (Å²) < 4.78 is 54.5. The first kappa shape index (κ1) is 19.4. The highest BCUT2D eigenvalue weighted by Crippen LogP contribution is 2.37. The molecule has 0 aliphatic carbocycles. The molecule has 1 N–H and O–H groups in total. The molecule has 0 amide bonds. The molecule has 0 radical (unpaired) electrons. The van der Waals surface area contributed by atoms with Crippen LogP contribution in [0.4, 0.5) is 8.78 Å². The summed E-state index contributed by atoms with van der Waals surface area (Å²) in [7, 11) is -4.26. The van der Waals surface area contributed by atoms with Crippen LogP contribution in [0, 0.1) is 18.6 Å². The van der Waals surface area contributed by atoms with Gasteiger partial charge in [0.05, 0.1) is 5.41 Å². The number of rotatable bonds is 4. The van der Waals surface area contributed by atoms with Crippen LogP contribution in [0.25, 0.3) is 0 Å². The highest BCUT2D eigenvalue weighted by molar-refractivity contribution is 7.89. The average molecular weight is 395 g/mol. The SMILES string of the molecule is Cc1ccc(S(=O)(=O)N2CCC(C(=O)O)(c3ccccc3)CC2)c(F)c1F. The minimum atomic E-state index is -4.26. The number of hydrogen-bond acceptors (Lipinski definition) is 3. The molecule has 3 rings (SSSR count). The summed E-state index contributed by atoms with van der Waals surface area (Å²) in [6.45, 7) is 1.15. The van der Waals surface area contributed by atoms with E-state index < -0.39 is 37.9 Å². The molecule has 0 aromatic heterocycles. The fourth-order valence-electron chi connectivity index (χ4n) is 3.46. The first-order valence-electron chi connectivity index (χ1n) is 8.44. The van der Waals surface area contributed by atoms with E-state index in [2.05, 4.69) is 0 Å². The molecule has 144 valence electrons. The Hall–Kier alpha value is -2.32. The van der Waals surface area contributed by atoms with E-state index >= 15 is 0 Å². The lowest BCUT2D eigenvalue weighted by Gasteiger charge is -2.38. The third kappa shape index (κ3) is 3.23. The minimum Gasteiger partial charge on any atom is -0.481 e. The summed E-state index contributed by atoms with van der Waals surface area (Å²) in [5.74, 6) is -3.64. The fraction of sp³-hybridized carbons (Fsp3) is 0.316. The Labute approximate surface area is 156 Å². The van der Waals surface area contributed by atoms with E-state index in [1.54, 1.807) is 30.3 Å². The molecule has 8 heteroatoms. The quantitative estimate of drug-likeness (QED) is 0.863. The normalized spacial score (nSPS) is 17.6. The molecular formula is C19H19F2NO4S. The second kappa shape index (κ2) is 7.01. The zero-order chi connectivity index (χ0) is 19.8. The number of halogens is 2. The standard InChI is InChI=1S/C19H19F2NO4S/c1-13-7-8-15(17(21)16(13)20)27(25,26)22-11-9-19(10-12-22,18(23)24)14-5-3-2-4-6-14/h2-8H,9-12H2,1H3,(H,23,24). The molecule has 27 heavy (non-hydrogen) atoms. The first-order valence-corrected chi connectivity index (χ1v) is 9.88. The van der Waals surface area contributed by atoms with Gasteiger partial charge in [0.25, 0.3) is 0 Å². The molecule has 0 saturated carbocycles. The molecule has 1 fully saturated rings.